The number of hydrogen-bond donors (Lipinski definition) is 2. The zero-order valence-electron chi connectivity index (χ0n) is 17.2. The van der Waals surface area contributed by atoms with Crippen molar-refractivity contribution < 1.29 is 13.2 Å². The van der Waals surface area contributed by atoms with E-state index in [-0.39, 0.29) is 11.8 Å². The van der Waals surface area contributed by atoms with Gasteiger partial charge in [-0.3, -0.25) is 9.89 Å². The Morgan fingerprint density at radius 3 is 2.17 bits per heavy atom. The maximum Gasteiger partial charge on any atom is 0.401 e. The van der Waals surface area contributed by atoms with E-state index in [1.165, 1.54) is 16.0 Å². The van der Waals surface area contributed by atoms with Crippen LogP contribution in [0.15, 0.2) is 65.7 Å². The SMILES string of the molecule is CN=C(NCC1CCN(CC(F)(F)F)C1)NCC(c1ccccc1)c1ccccc1. The number of likely N-dealkylation sites (tertiary alicyclic amines) is 1. The van der Waals surface area contributed by atoms with Gasteiger partial charge >= 0.3 is 6.18 Å². The van der Waals surface area contributed by atoms with Crippen LogP contribution in [0.1, 0.15) is 23.5 Å². The Morgan fingerprint density at radius 2 is 1.63 bits per heavy atom. The number of nitrogens with zero attached hydrogens (tertiary/aromatic N) is 2. The molecule has 0 spiro atoms. The van der Waals surface area contributed by atoms with Gasteiger partial charge in [-0.1, -0.05) is 60.7 Å². The molecule has 162 valence electrons. The summed E-state index contributed by atoms with van der Waals surface area (Å²) in [6.07, 6.45) is -3.37. The molecule has 0 aromatic heterocycles. The maximum atomic E-state index is 12.6. The molecule has 7 heteroatoms. The number of aliphatic imine (C=N–C) groups is 1. The molecular formula is C23H29F3N4. The van der Waals surface area contributed by atoms with Crippen molar-refractivity contribution in [3.05, 3.63) is 71.8 Å². The second-order valence-corrected chi connectivity index (χ2v) is 7.71. The van der Waals surface area contributed by atoms with Gasteiger partial charge in [-0.15, -0.1) is 0 Å². The molecule has 1 heterocycles. The molecule has 0 saturated carbocycles. The van der Waals surface area contributed by atoms with Crippen LogP contribution in [0.3, 0.4) is 0 Å². The molecule has 1 fully saturated rings. The van der Waals surface area contributed by atoms with Crippen LogP contribution in [0.4, 0.5) is 13.2 Å². The van der Waals surface area contributed by atoms with Gasteiger partial charge in [0, 0.05) is 32.6 Å². The molecule has 2 N–H and O–H groups in total. The van der Waals surface area contributed by atoms with E-state index in [1.807, 2.05) is 36.4 Å². The lowest BCUT2D eigenvalue weighted by Crippen LogP contribution is -2.42. The van der Waals surface area contributed by atoms with Gasteiger partial charge in [0.25, 0.3) is 0 Å². The topological polar surface area (TPSA) is 39.7 Å². The summed E-state index contributed by atoms with van der Waals surface area (Å²) in [4.78, 5) is 5.76. The standard InChI is InChI=1S/C23H29F3N4/c1-27-22(28-14-18-12-13-30(16-18)17-23(24,25)26)29-15-21(19-8-4-2-5-9-19)20-10-6-3-7-11-20/h2-11,18,21H,12-17H2,1H3,(H2,27,28,29). The minimum atomic E-state index is -4.14. The molecule has 0 amide bonds. The van der Waals surface area contributed by atoms with Gasteiger partial charge in [0.15, 0.2) is 5.96 Å². The third kappa shape index (κ3) is 6.76. The Hall–Kier alpha value is -2.54. The molecule has 30 heavy (non-hydrogen) atoms. The van der Waals surface area contributed by atoms with E-state index in [0.29, 0.717) is 32.1 Å². The zero-order chi connectivity index (χ0) is 21.4. The Morgan fingerprint density at radius 1 is 1.03 bits per heavy atom. The van der Waals surface area contributed by atoms with Crippen LogP contribution < -0.4 is 10.6 Å². The first kappa shape index (κ1) is 22.2. The third-order valence-corrected chi connectivity index (χ3v) is 5.43. The Kier molecular flexibility index (Phi) is 7.74. The first-order valence-corrected chi connectivity index (χ1v) is 10.3. The molecule has 0 bridgehead atoms. The van der Waals surface area contributed by atoms with Gasteiger partial charge in [0.1, 0.15) is 0 Å². The van der Waals surface area contributed by atoms with Gasteiger partial charge < -0.3 is 10.6 Å². The lowest BCUT2D eigenvalue weighted by molar-refractivity contribution is -0.143. The average molecular weight is 419 g/mol. The highest BCUT2D eigenvalue weighted by Crippen LogP contribution is 2.24. The van der Waals surface area contributed by atoms with E-state index >= 15 is 0 Å². The zero-order valence-corrected chi connectivity index (χ0v) is 17.2. The normalized spacial score (nSPS) is 18.0. The van der Waals surface area contributed by atoms with E-state index in [9.17, 15) is 13.2 Å². The fourth-order valence-electron chi connectivity index (χ4n) is 3.94. The highest BCUT2D eigenvalue weighted by molar-refractivity contribution is 5.79. The first-order chi connectivity index (χ1) is 14.4. The average Bonchev–Trinajstić information content (AvgIpc) is 3.17. The molecule has 1 aliphatic heterocycles. The van der Waals surface area contributed by atoms with Crippen molar-refractivity contribution >= 4 is 5.96 Å². The quantitative estimate of drug-likeness (QED) is 0.530. The van der Waals surface area contributed by atoms with Crippen molar-refractivity contribution in [2.24, 2.45) is 10.9 Å². The molecular weight excluding hydrogens is 389 g/mol. The smallest absolute Gasteiger partial charge is 0.356 e. The summed E-state index contributed by atoms with van der Waals surface area (Å²) in [7, 11) is 1.71. The van der Waals surface area contributed by atoms with Crippen LogP contribution in [-0.2, 0) is 0 Å². The summed E-state index contributed by atoms with van der Waals surface area (Å²) >= 11 is 0. The van der Waals surface area contributed by atoms with Crippen LogP contribution in [0.5, 0.6) is 0 Å². The van der Waals surface area contributed by atoms with Gasteiger partial charge in [-0.2, -0.15) is 13.2 Å². The molecule has 1 atom stereocenters. The van der Waals surface area contributed by atoms with E-state index in [4.69, 9.17) is 0 Å². The summed E-state index contributed by atoms with van der Waals surface area (Å²) in [5.41, 5.74) is 2.43. The minimum absolute atomic E-state index is 0.166. The summed E-state index contributed by atoms with van der Waals surface area (Å²) in [5.74, 6) is 1.02. The van der Waals surface area contributed by atoms with Crippen molar-refractivity contribution in [1.29, 1.82) is 0 Å². The Balaban J connectivity index is 1.54. The maximum absolute atomic E-state index is 12.6. The van der Waals surface area contributed by atoms with Crippen LogP contribution in [-0.4, -0.2) is 56.8 Å². The highest BCUT2D eigenvalue weighted by Gasteiger charge is 2.34. The Bertz CT molecular complexity index is 754. The second kappa shape index (κ2) is 10.5. The van der Waals surface area contributed by atoms with Crippen molar-refractivity contribution in [3.63, 3.8) is 0 Å². The molecule has 3 rings (SSSR count). The van der Waals surface area contributed by atoms with Crippen LogP contribution in [0.25, 0.3) is 0 Å². The minimum Gasteiger partial charge on any atom is -0.356 e. The van der Waals surface area contributed by atoms with Crippen molar-refractivity contribution in [1.82, 2.24) is 15.5 Å². The predicted octanol–water partition coefficient (Wildman–Crippen LogP) is 3.87. The molecule has 0 aliphatic carbocycles. The lowest BCUT2D eigenvalue weighted by atomic mass is 9.91. The number of alkyl halides is 3. The van der Waals surface area contributed by atoms with E-state index in [1.54, 1.807) is 7.05 Å². The van der Waals surface area contributed by atoms with E-state index in [2.05, 4.69) is 39.9 Å². The molecule has 1 unspecified atom stereocenters. The molecule has 2 aromatic rings. The van der Waals surface area contributed by atoms with Crippen molar-refractivity contribution in [2.45, 2.75) is 18.5 Å². The van der Waals surface area contributed by atoms with E-state index < -0.39 is 12.7 Å². The largest absolute Gasteiger partial charge is 0.401 e. The summed E-state index contributed by atoms with van der Waals surface area (Å²) in [5, 5.41) is 6.67. The van der Waals surface area contributed by atoms with Crippen molar-refractivity contribution in [2.75, 3.05) is 39.8 Å². The van der Waals surface area contributed by atoms with Crippen LogP contribution in [0, 0.1) is 5.92 Å². The number of benzene rings is 2. The molecule has 1 aliphatic rings. The molecule has 4 nitrogen and oxygen atoms in total. The summed E-state index contributed by atoms with van der Waals surface area (Å²) in [6.45, 7) is 1.39. The molecule has 2 aromatic carbocycles. The number of nitrogens with one attached hydrogen (secondary N) is 2. The lowest BCUT2D eigenvalue weighted by Gasteiger charge is -2.22. The predicted molar refractivity (Wildman–Crippen MR) is 115 cm³/mol. The molecule has 1 saturated heterocycles. The van der Waals surface area contributed by atoms with Gasteiger partial charge in [-0.25, -0.2) is 0 Å². The second-order valence-electron chi connectivity index (χ2n) is 7.71. The number of rotatable bonds is 7. The fourth-order valence-corrected chi connectivity index (χ4v) is 3.94. The summed E-state index contributed by atoms with van der Waals surface area (Å²) in [6, 6.07) is 20.6. The highest BCUT2D eigenvalue weighted by atomic mass is 19.4. The van der Waals surface area contributed by atoms with Gasteiger partial charge in [0.2, 0.25) is 0 Å². The monoisotopic (exact) mass is 418 g/mol. The Labute approximate surface area is 176 Å². The van der Waals surface area contributed by atoms with Crippen molar-refractivity contribution in [3.8, 4) is 0 Å². The van der Waals surface area contributed by atoms with Crippen LogP contribution in [0.2, 0.25) is 0 Å². The fraction of sp³-hybridized carbons (Fsp3) is 0.435. The number of hydrogen-bond acceptors (Lipinski definition) is 2. The molecule has 0 radical (unpaired) electrons. The summed E-state index contributed by atoms with van der Waals surface area (Å²) < 4.78 is 37.7. The number of guanidine groups is 1. The van der Waals surface area contributed by atoms with Crippen LogP contribution >= 0.6 is 0 Å². The third-order valence-electron chi connectivity index (χ3n) is 5.43. The van der Waals surface area contributed by atoms with Gasteiger partial charge in [-0.05, 0) is 30.0 Å². The van der Waals surface area contributed by atoms with E-state index in [0.717, 1.165) is 6.42 Å². The van der Waals surface area contributed by atoms with Gasteiger partial charge in [0.05, 0.1) is 6.54 Å². The number of halogens is 3. The first-order valence-electron chi connectivity index (χ1n) is 10.3.